The minimum atomic E-state index is 0.664. The fraction of sp³-hybridized carbons (Fsp3) is 0. The Morgan fingerprint density at radius 2 is 1.82 bits per heavy atom. The highest BCUT2D eigenvalue weighted by molar-refractivity contribution is 6.31. The van der Waals surface area contributed by atoms with Crippen LogP contribution in [0.2, 0.25) is 5.02 Å². The molecule has 17 heavy (non-hydrogen) atoms. The van der Waals surface area contributed by atoms with Crippen LogP contribution in [-0.2, 0) is 0 Å². The molecule has 0 saturated carbocycles. The first-order chi connectivity index (χ1) is 8.33. The summed E-state index contributed by atoms with van der Waals surface area (Å²) in [6.07, 6.45) is 3.45. The van der Waals surface area contributed by atoms with Gasteiger partial charge in [0.15, 0.2) is 0 Å². The van der Waals surface area contributed by atoms with Gasteiger partial charge in [0.05, 0.1) is 22.9 Å². The lowest BCUT2D eigenvalue weighted by Gasteiger charge is -2.01. The van der Waals surface area contributed by atoms with Gasteiger partial charge in [-0.2, -0.15) is 0 Å². The van der Waals surface area contributed by atoms with E-state index in [0.717, 1.165) is 22.4 Å². The molecule has 82 valence electrons. The Balaban J connectivity index is 2.17. The van der Waals surface area contributed by atoms with Gasteiger partial charge in [0.2, 0.25) is 0 Å². The van der Waals surface area contributed by atoms with Crippen molar-refractivity contribution in [2.45, 2.75) is 0 Å². The van der Waals surface area contributed by atoms with Gasteiger partial charge in [0, 0.05) is 11.2 Å². The number of hydrogen-bond donors (Lipinski definition) is 0. The summed E-state index contributed by atoms with van der Waals surface area (Å²) in [5.74, 6) is 0. The van der Waals surface area contributed by atoms with Gasteiger partial charge in [-0.1, -0.05) is 17.7 Å². The van der Waals surface area contributed by atoms with Crippen molar-refractivity contribution in [1.82, 2.24) is 15.0 Å². The molecule has 0 unspecified atom stereocenters. The van der Waals surface area contributed by atoms with E-state index in [4.69, 9.17) is 11.6 Å². The number of rotatable bonds is 1. The highest BCUT2D eigenvalue weighted by Crippen LogP contribution is 2.19. The highest BCUT2D eigenvalue weighted by atomic mass is 35.5. The molecule has 4 heteroatoms. The SMILES string of the molecule is Clc1ccc2nc(-c3ccccn3)cnc2c1. The average molecular weight is 242 g/mol. The zero-order chi connectivity index (χ0) is 11.7. The van der Waals surface area contributed by atoms with Crippen LogP contribution < -0.4 is 0 Å². The van der Waals surface area contributed by atoms with Gasteiger partial charge in [-0.25, -0.2) is 4.98 Å². The van der Waals surface area contributed by atoms with Crippen molar-refractivity contribution in [2.75, 3.05) is 0 Å². The lowest BCUT2D eigenvalue weighted by Crippen LogP contribution is -1.90. The van der Waals surface area contributed by atoms with Crippen LogP contribution in [0.15, 0.2) is 48.8 Å². The Hall–Kier alpha value is -2.00. The molecule has 0 aliphatic carbocycles. The molecule has 2 aromatic heterocycles. The zero-order valence-electron chi connectivity index (χ0n) is 8.84. The Bertz CT molecular complexity index is 668. The Morgan fingerprint density at radius 3 is 2.65 bits per heavy atom. The van der Waals surface area contributed by atoms with Crippen molar-refractivity contribution in [3.8, 4) is 11.4 Å². The molecule has 3 nitrogen and oxygen atoms in total. The van der Waals surface area contributed by atoms with E-state index in [1.165, 1.54) is 0 Å². The molecule has 0 radical (unpaired) electrons. The molecule has 0 aliphatic heterocycles. The maximum Gasteiger partial charge on any atom is 0.108 e. The number of halogens is 1. The predicted molar refractivity (Wildman–Crippen MR) is 67.8 cm³/mol. The molecule has 0 N–H and O–H groups in total. The quantitative estimate of drug-likeness (QED) is 0.656. The molecule has 3 rings (SSSR count). The summed E-state index contributed by atoms with van der Waals surface area (Å²) in [4.78, 5) is 13.1. The standard InChI is InChI=1S/C13H8ClN3/c14-9-4-5-11-12(7-9)16-8-13(17-11)10-3-1-2-6-15-10/h1-8H. The van der Waals surface area contributed by atoms with Crippen LogP contribution in [-0.4, -0.2) is 15.0 Å². The lowest BCUT2D eigenvalue weighted by atomic mass is 10.2. The predicted octanol–water partition coefficient (Wildman–Crippen LogP) is 3.35. The van der Waals surface area contributed by atoms with Crippen LogP contribution in [0.25, 0.3) is 22.4 Å². The molecule has 0 fully saturated rings. The van der Waals surface area contributed by atoms with Gasteiger partial charge >= 0.3 is 0 Å². The van der Waals surface area contributed by atoms with Crippen molar-refractivity contribution < 1.29 is 0 Å². The van der Waals surface area contributed by atoms with Crippen molar-refractivity contribution in [3.63, 3.8) is 0 Å². The van der Waals surface area contributed by atoms with Crippen LogP contribution in [0, 0.1) is 0 Å². The fourth-order valence-corrected chi connectivity index (χ4v) is 1.79. The summed E-state index contributed by atoms with van der Waals surface area (Å²) >= 11 is 5.90. The molecular weight excluding hydrogens is 234 g/mol. The van der Waals surface area contributed by atoms with E-state index in [1.807, 2.05) is 24.3 Å². The van der Waals surface area contributed by atoms with Crippen LogP contribution >= 0.6 is 11.6 Å². The second-order valence-corrected chi connectivity index (χ2v) is 4.04. The van der Waals surface area contributed by atoms with Crippen molar-refractivity contribution in [2.24, 2.45) is 0 Å². The molecule has 0 aliphatic rings. The number of hydrogen-bond acceptors (Lipinski definition) is 3. The summed E-state index contributed by atoms with van der Waals surface area (Å²) in [5.41, 5.74) is 3.19. The van der Waals surface area contributed by atoms with Crippen molar-refractivity contribution in [1.29, 1.82) is 0 Å². The molecule has 0 bridgehead atoms. The number of fused-ring (bicyclic) bond motifs is 1. The third kappa shape index (κ3) is 1.97. The highest BCUT2D eigenvalue weighted by Gasteiger charge is 2.03. The summed E-state index contributed by atoms with van der Waals surface area (Å²) in [6.45, 7) is 0. The molecule has 0 amide bonds. The topological polar surface area (TPSA) is 38.7 Å². The maximum atomic E-state index is 5.90. The Morgan fingerprint density at radius 1 is 0.882 bits per heavy atom. The van der Waals surface area contributed by atoms with E-state index in [9.17, 15) is 0 Å². The average Bonchev–Trinajstić information content (AvgIpc) is 2.39. The molecule has 3 aromatic rings. The first kappa shape index (κ1) is 10.2. The van der Waals surface area contributed by atoms with E-state index in [0.29, 0.717) is 5.02 Å². The molecule has 2 heterocycles. The van der Waals surface area contributed by atoms with Gasteiger partial charge in [-0.05, 0) is 30.3 Å². The maximum absolute atomic E-state index is 5.90. The van der Waals surface area contributed by atoms with E-state index in [1.54, 1.807) is 24.5 Å². The number of benzene rings is 1. The van der Waals surface area contributed by atoms with Gasteiger partial charge in [-0.15, -0.1) is 0 Å². The molecular formula is C13H8ClN3. The lowest BCUT2D eigenvalue weighted by molar-refractivity contribution is 1.23. The van der Waals surface area contributed by atoms with Gasteiger partial charge < -0.3 is 0 Å². The Kier molecular flexibility index (Phi) is 2.46. The summed E-state index contributed by atoms with van der Waals surface area (Å²) in [7, 11) is 0. The summed E-state index contributed by atoms with van der Waals surface area (Å²) in [5, 5.41) is 0.664. The normalized spacial score (nSPS) is 10.6. The second kappa shape index (κ2) is 4.11. The summed E-state index contributed by atoms with van der Waals surface area (Å²) in [6, 6.07) is 11.2. The first-order valence-electron chi connectivity index (χ1n) is 5.17. The largest absolute Gasteiger partial charge is 0.255 e. The second-order valence-electron chi connectivity index (χ2n) is 3.60. The van der Waals surface area contributed by atoms with E-state index in [2.05, 4.69) is 15.0 Å². The third-order valence-corrected chi connectivity index (χ3v) is 2.67. The Labute approximate surface area is 103 Å². The number of nitrogens with zero attached hydrogens (tertiary/aromatic N) is 3. The van der Waals surface area contributed by atoms with Gasteiger partial charge in [0.1, 0.15) is 5.69 Å². The smallest absolute Gasteiger partial charge is 0.108 e. The van der Waals surface area contributed by atoms with Crippen molar-refractivity contribution in [3.05, 3.63) is 53.8 Å². The number of pyridine rings is 1. The molecule has 0 saturated heterocycles. The van der Waals surface area contributed by atoms with Crippen LogP contribution in [0.4, 0.5) is 0 Å². The van der Waals surface area contributed by atoms with Crippen LogP contribution in [0.1, 0.15) is 0 Å². The van der Waals surface area contributed by atoms with E-state index >= 15 is 0 Å². The summed E-state index contributed by atoms with van der Waals surface area (Å²) < 4.78 is 0. The minimum absolute atomic E-state index is 0.664. The van der Waals surface area contributed by atoms with Gasteiger partial charge in [-0.3, -0.25) is 9.97 Å². The van der Waals surface area contributed by atoms with Crippen molar-refractivity contribution >= 4 is 22.6 Å². The zero-order valence-corrected chi connectivity index (χ0v) is 9.59. The van der Waals surface area contributed by atoms with Gasteiger partial charge in [0.25, 0.3) is 0 Å². The minimum Gasteiger partial charge on any atom is -0.255 e. The fourth-order valence-electron chi connectivity index (χ4n) is 1.62. The van der Waals surface area contributed by atoms with E-state index in [-0.39, 0.29) is 0 Å². The monoisotopic (exact) mass is 241 g/mol. The van der Waals surface area contributed by atoms with E-state index < -0.39 is 0 Å². The number of aromatic nitrogens is 3. The molecule has 0 spiro atoms. The van der Waals surface area contributed by atoms with Crippen LogP contribution in [0.3, 0.4) is 0 Å². The first-order valence-corrected chi connectivity index (χ1v) is 5.54. The van der Waals surface area contributed by atoms with Crippen LogP contribution in [0.5, 0.6) is 0 Å². The third-order valence-electron chi connectivity index (χ3n) is 2.43. The molecule has 0 atom stereocenters. The molecule has 1 aromatic carbocycles.